The van der Waals surface area contributed by atoms with E-state index in [-0.39, 0.29) is 5.91 Å². The highest BCUT2D eigenvalue weighted by molar-refractivity contribution is 5.97. The molecule has 6 nitrogen and oxygen atoms in total. The molecule has 0 saturated carbocycles. The predicted molar refractivity (Wildman–Crippen MR) is 117 cm³/mol. The molecule has 2 aliphatic heterocycles. The zero-order valence-electron chi connectivity index (χ0n) is 18.0. The average molecular weight is 426 g/mol. The van der Waals surface area contributed by atoms with Gasteiger partial charge in [0.2, 0.25) is 0 Å². The molecule has 2 aliphatic rings. The summed E-state index contributed by atoms with van der Waals surface area (Å²) in [5, 5.41) is 21.2. The van der Waals surface area contributed by atoms with E-state index in [9.17, 15) is 15.0 Å². The fourth-order valence-corrected chi connectivity index (χ4v) is 4.61. The van der Waals surface area contributed by atoms with Gasteiger partial charge >= 0.3 is 0 Å². The Balaban J connectivity index is 1.39. The molecule has 1 amide bonds. The second-order valence-electron chi connectivity index (χ2n) is 8.80. The van der Waals surface area contributed by atoms with Crippen molar-refractivity contribution < 1.29 is 24.5 Å². The first-order valence-corrected chi connectivity index (χ1v) is 11.0. The van der Waals surface area contributed by atoms with Gasteiger partial charge in [-0.05, 0) is 37.5 Å². The topological polar surface area (TPSA) is 79.2 Å². The van der Waals surface area contributed by atoms with Gasteiger partial charge in [-0.25, -0.2) is 0 Å². The third-order valence-corrected chi connectivity index (χ3v) is 6.59. The lowest BCUT2D eigenvalue weighted by molar-refractivity contribution is -0.244. The highest BCUT2D eigenvalue weighted by atomic mass is 16.5. The summed E-state index contributed by atoms with van der Waals surface area (Å²) >= 11 is 0. The maximum atomic E-state index is 13.2. The number of rotatable bonds is 5. The summed E-state index contributed by atoms with van der Waals surface area (Å²) in [6.07, 6.45) is 1.21. The fraction of sp³-hybridized carbons (Fsp3) is 0.480. The van der Waals surface area contributed by atoms with Crippen LogP contribution in [-0.4, -0.2) is 64.6 Å². The van der Waals surface area contributed by atoms with Crippen LogP contribution in [0.5, 0.6) is 5.75 Å². The predicted octanol–water partition coefficient (Wildman–Crippen LogP) is 2.82. The Labute approximate surface area is 183 Å². The normalized spacial score (nSPS) is 25.4. The molecule has 31 heavy (non-hydrogen) atoms. The first-order chi connectivity index (χ1) is 14.9. The number of para-hydroxylation sites is 1. The number of benzene rings is 2. The van der Waals surface area contributed by atoms with Crippen molar-refractivity contribution in [1.82, 2.24) is 4.90 Å². The summed E-state index contributed by atoms with van der Waals surface area (Å²) < 4.78 is 11.9. The van der Waals surface area contributed by atoms with E-state index < -0.39 is 17.3 Å². The van der Waals surface area contributed by atoms with Crippen molar-refractivity contribution in [2.45, 2.75) is 49.9 Å². The molecule has 2 saturated heterocycles. The molecule has 0 aromatic heterocycles. The van der Waals surface area contributed by atoms with Crippen LogP contribution in [0.1, 0.15) is 42.1 Å². The number of ether oxygens (including phenoxy) is 2. The minimum absolute atomic E-state index is 0.0813. The van der Waals surface area contributed by atoms with Crippen molar-refractivity contribution in [3.8, 4) is 5.75 Å². The third-order valence-electron chi connectivity index (χ3n) is 6.59. The van der Waals surface area contributed by atoms with E-state index in [1.165, 1.54) is 5.56 Å². The van der Waals surface area contributed by atoms with Crippen LogP contribution >= 0.6 is 0 Å². The summed E-state index contributed by atoms with van der Waals surface area (Å²) in [6.45, 7) is 3.49. The van der Waals surface area contributed by atoms with Crippen molar-refractivity contribution >= 4 is 5.91 Å². The van der Waals surface area contributed by atoms with Gasteiger partial charge in [-0.3, -0.25) is 4.79 Å². The second-order valence-corrected chi connectivity index (χ2v) is 8.80. The van der Waals surface area contributed by atoms with Crippen molar-refractivity contribution in [3.05, 3.63) is 65.7 Å². The Morgan fingerprint density at radius 3 is 2.52 bits per heavy atom. The number of aliphatic hydroxyl groups excluding tert-OH is 1. The van der Waals surface area contributed by atoms with Crippen molar-refractivity contribution in [2.24, 2.45) is 0 Å². The largest absolute Gasteiger partial charge is 0.492 e. The molecule has 2 aromatic rings. The first kappa shape index (κ1) is 21.8. The van der Waals surface area contributed by atoms with Crippen molar-refractivity contribution in [2.75, 3.05) is 26.3 Å². The van der Waals surface area contributed by atoms with E-state index in [2.05, 4.69) is 12.1 Å². The number of likely N-dealkylation sites (tertiary alicyclic amines) is 1. The fourth-order valence-electron chi connectivity index (χ4n) is 4.61. The lowest BCUT2D eigenvalue weighted by atomic mass is 9.75. The van der Waals surface area contributed by atoms with E-state index in [4.69, 9.17) is 9.47 Å². The number of piperidine rings is 1. The standard InChI is InChI=1S/C25H31NO5/c1-24(29)14-18-31-25(23(24)28)12-15-26(16-13-25)22(27)20-9-5-6-10-21(20)30-17-11-19-7-3-2-4-8-19/h2-10,23,28-29H,11-18H2,1H3/t23-,24+/m0/s1. The smallest absolute Gasteiger partial charge is 0.257 e. The molecule has 2 aromatic carbocycles. The molecule has 2 fully saturated rings. The number of nitrogens with zero attached hydrogens (tertiary/aromatic N) is 1. The van der Waals surface area contributed by atoms with Crippen LogP contribution in [0.2, 0.25) is 0 Å². The first-order valence-electron chi connectivity index (χ1n) is 11.0. The number of hydrogen-bond acceptors (Lipinski definition) is 5. The molecule has 4 rings (SSSR count). The Morgan fingerprint density at radius 2 is 1.77 bits per heavy atom. The molecule has 6 heteroatoms. The van der Waals surface area contributed by atoms with Crippen LogP contribution in [0, 0.1) is 0 Å². The lowest BCUT2D eigenvalue weighted by Gasteiger charge is -2.51. The minimum Gasteiger partial charge on any atom is -0.492 e. The van der Waals surface area contributed by atoms with Gasteiger partial charge in [0.15, 0.2) is 0 Å². The maximum Gasteiger partial charge on any atom is 0.257 e. The van der Waals surface area contributed by atoms with Crippen LogP contribution in [-0.2, 0) is 11.2 Å². The maximum absolute atomic E-state index is 13.2. The van der Waals surface area contributed by atoms with Crippen LogP contribution in [0.25, 0.3) is 0 Å². The van der Waals surface area contributed by atoms with E-state index in [0.717, 1.165) is 6.42 Å². The number of hydrogen-bond donors (Lipinski definition) is 2. The summed E-state index contributed by atoms with van der Waals surface area (Å²) in [4.78, 5) is 15.0. The van der Waals surface area contributed by atoms with E-state index >= 15 is 0 Å². The molecule has 0 radical (unpaired) electrons. The minimum atomic E-state index is -1.16. The molecule has 0 aliphatic carbocycles. The van der Waals surface area contributed by atoms with E-state index in [1.807, 2.05) is 36.4 Å². The molecule has 166 valence electrons. The van der Waals surface area contributed by atoms with Gasteiger partial charge in [0.1, 0.15) is 17.5 Å². The summed E-state index contributed by atoms with van der Waals surface area (Å²) in [5.74, 6) is 0.503. The lowest BCUT2D eigenvalue weighted by Crippen LogP contribution is -2.64. The van der Waals surface area contributed by atoms with Gasteiger partial charge in [0.25, 0.3) is 5.91 Å². The Kier molecular flexibility index (Phi) is 6.32. The Hall–Kier alpha value is -2.41. The van der Waals surface area contributed by atoms with E-state index in [1.54, 1.807) is 17.9 Å². The van der Waals surface area contributed by atoms with Gasteiger partial charge in [-0.1, -0.05) is 42.5 Å². The zero-order chi connectivity index (χ0) is 21.9. The Morgan fingerprint density at radius 1 is 1.10 bits per heavy atom. The number of amides is 1. The third kappa shape index (κ3) is 4.61. The molecule has 0 unspecified atom stereocenters. The van der Waals surface area contributed by atoms with Crippen LogP contribution in [0.4, 0.5) is 0 Å². The van der Waals surface area contributed by atoms with Gasteiger partial charge in [0.05, 0.1) is 24.4 Å². The summed E-state index contributed by atoms with van der Waals surface area (Å²) in [7, 11) is 0. The molecular weight excluding hydrogens is 394 g/mol. The second kappa shape index (κ2) is 8.99. The molecule has 2 atom stereocenters. The highest BCUT2D eigenvalue weighted by Crippen LogP contribution is 2.40. The summed E-state index contributed by atoms with van der Waals surface area (Å²) in [6, 6.07) is 17.4. The highest BCUT2D eigenvalue weighted by Gasteiger charge is 2.53. The summed E-state index contributed by atoms with van der Waals surface area (Å²) in [5.41, 5.74) is -0.216. The Bertz CT molecular complexity index is 890. The van der Waals surface area contributed by atoms with Crippen LogP contribution < -0.4 is 4.74 Å². The van der Waals surface area contributed by atoms with Gasteiger partial charge in [-0.2, -0.15) is 0 Å². The molecule has 2 heterocycles. The van der Waals surface area contributed by atoms with Crippen LogP contribution in [0.15, 0.2) is 54.6 Å². The number of carbonyl (C=O) groups is 1. The number of carbonyl (C=O) groups excluding carboxylic acids is 1. The zero-order valence-corrected chi connectivity index (χ0v) is 18.0. The quantitative estimate of drug-likeness (QED) is 0.770. The molecular formula is C25H31NO5. The van der Waals surface area contributed by atoms with Gasteiger partial charge in [-0.15, -0.1) is 0 Å². The monoisotopic (exact) mass is 425 g/mol. The molecule has 0 bridgehead atoms. The van der Waals surface area contributed by atoms with Gasteiger partial charge in [0, 0.05) is 25.9 Å². The van der Waals surface area contributed by atoms with E-state index in [0.29, 0.717) is 56.9 Å². The number of aliphatic hydroxyl groups is 2. The van der Waals surface area contributed by atoms with Crippen molar-refractivity contribution in [3.63, 3.8) is 0 Å². The van der Waals surface area contributed by atoms with Crippen LogP contribution in [0.3, 0.4) is 0 Å². The van der Waals surface area contributed by atoms with Gasteiger partial charge < -0.3 is 24.6 Å². The molecule has 1 spiro atoms. The SMILES string of the molecule is C[C@@]1(O)CCOC2(CCN(C(=O)c3ccccc3OCCc3ccccc3)CC2)[C@H]1O. The average Bonchev–Trinajstić information content (AvgIpc) is 2.79. The van der Waals surface area contributed by atoms with Crippen molar-refractivity contribution in [1.29, 1.82) is 0 Å². The molecule has 2 N–H and O–H groups in total.